The van der Waals surface area contributed by atoms with E-state index in [0.29, 0.717) is 10.0 Å². The van der Waals surface area contributed by atoms with Crippen molar-refractivity contribution in [1.82, 2.24) is 5.01 Å². The van der Waals surface area contributed by atoms with Gasteiger partial charge in [0.1, 0.15) is 11.5 Å². The standard InChI is InChI=1S/C18H15BrN2O4/c19-11-5-8(12(22)6-13(11)23)7-20-21-16(24)14-9-1-2-10(15(14)17(21)25)18(9)3-4-18/h1-2,5-7,9-10,14-15,22-23H,3-4H2/b20-7-/t9-,10-,14-,15-/m0/s1. The number of nitrogens with zero attached hydrogens (tertiary/aromatic N) is 2. The molecule has 4 aliphatic rings. The number of phenols is 2. The molecule has 1 heterocycles. The minimum absolute atomic E-state index is 0.102. The van der Waals surface area contributed by atoms with Crippen LogP contribution in [0.5, 0.6) is 11.5 Å². The van der Waals surface area contributed by atoms with Crippen LogP contribution in [0.1, 0.15) is 18.4 Å². The highest BCUT2D eigenvalue weighted by atomic mass is 79.9. The maximum atomic E-state index is 12.8. The van der Waals surface area contributed by atoms with Gasteiger partial charge in [0.25, 0.3) is 11.8 Å². The molecule has 2 amide bonds. The van der Waals surface area contributed by atoms with Gasteiger partial charge in [-0.2, -0.15) is 10.1 Å². The Kier molecular flexibility index (Phi) is 2.86. The van der Waals surface area contributed by atoms with Crippen molar-refractivity contribution in [2.75, 3.05) is 0 Å². The maximum Gasteiger partial charge on any atom is 0.254 e. The predicted molar refractivity (Wildman–Crippen MR) is 91.7 cm³/mol. The van der Waals surface area contributed by atoms with Gasteiger partial charge in [0.2, 0.25) is 0 Å². The summed E-state index contributed by atoms with van der Waals surface area (Å²) in [5.41, 5.74) is 0.471. The summed E-state index contributed by atoms with van der Waals surface area (Å²) in [5.74, 6) is -1.02. The number of hydrazone groups is 1. The number of amides is 2. The van der Waals surface area contributed by atoms with E-state index in [2.05, 4.69) is 33.2 Å². The molecule has 4 atom stereocenters. The van der Waals surface area contributed by atoms with Crippen LogP contribution in [0.2, 0.25) is 0 Å². The van der Waals surface area contributed by atoms with Crippen LogP contribution in [0, 0.1) is 29.1 Å². The quantitative estimate of drug-likeness (QED) is 0.451. The minimum atomic E-state index is -0.290. The van der Waals surface area contributed by atoms with Crippen molar-refractivity contribution in [2.24, 2.45) is 34.2 Å². The molecule has 7 heteroatoms. The topological polar surface area (TPSA) is 90.2 Å². The Morgan fingerprint density at radius 1 is 1.08 bits per heavy atom. The Labute approximate surface area is 152 Å². The molecule has 1 spiro atoms. The molecule has 0 unspecified atom stereocenters. The third kappa shape index (κ3) is 1.82. The highest BCUT2D eigenvalue weighted by Crippen LogP contribution is 2.73. The van der Waals surface area contributed by atoms with E-state index in [1.165, 1.54) is 18.3 Å². The summed E-state index contributed by atoms with van der Waals surface area (Å²) >= 11 is 3.16. The van der Waals surface area contributed by atoms with Gasteiger partial charge in [-0.1, -0.05) is 12.2 Å². The first kappa shape index (κ1) is 15.1. The number of imide groups is 1. The van der Waals surface area contributed by atoms with E-state index >= 15 is 0 Å². The summed E-state index contributed by atoms with van der Waals surface area (Å²) in [5, 5.41) is 24.4. The van der Waals surface area contributed by atoms with Crippen molar-refractivity contribution in [3.63, 3.8) is 0 Å². The second kappa shape index (κ2) is 4.72. The van der Waals surface area contributed by atoms with Gasteiger partial charge in [-0.3, -0.25) is 9.59 Å². The van der Waals surface area contributed by atoms with Crippen LogP contribution in [-0.2, 0) is 9.59 Å². The van der Waals surface area contributed by atoms with Crippen molar-refractivity contribution in [3.8, 4) is 11.5 Å². The summed E-state index contributed by atoms with van der Waals surface area (Å²) in [6.07, 6.45) is 7.70. The van der Waals surface area contributed by atoms with Crippen LogP contribution < -0.4 is 0 Å². The Hall–Kier alpha value is -2.15. The molecule has 1 saturated heterocycles. The number of hydrogen-bond donors (Lipinski definition) is 2. The van der Waals surface area contributed by atoms with Gasteiger partial charge in [0, 0.05) is 11.6 Å². The first-order valence-corrected chi connectivity index (χ1v) is 9.05. The lowest BCUT2D eigenvalue weighted by Gasteiger charge is -2.18. The lowest BCUT2D eigenvalue weighted by Crippen LogP contribution is -2.30. The van der Waals surface area contributed by atoms with Crippen LogP contribution in [0.15, 0.2) is 33.9 Å². The SMILES string of the molecule is O=C1[C@@H]2[C@@H](C(=O)N1/N=C\c1cc(Br)c(O)cc1O)[C@@H]1C=C[C@@H]2C12CC2. The number of carbonyl (C=O) groups is 2. The molecule has 5 rings (SSSR count). The lowest BCUT2D eigenvalue weighted by molar-refractivity contribution is -0.141. The molecule has 1 aromatic rings. The fourth-order valence-corrected chi connectivity index (χ4v) is 5.33. The number of hydrogen-bond acceptors (Lipinski definition) is 5. The summed E-state index contributed by atoms with van der Waals surface area (Å²) < 4.78 is 0.389. The maximum absolute atomic E-state index is 12.8. The highest BCUT2D eigenvalue weighted by molar-refractivity contribution is 9.10. The molecule has 2 N–H and O–H groups in total. The number of allylic oxidation sites excluding steroid dienone is 2. The van der Waals surface area contributed by atoms with E-state index in [9.17, 15) is 19.8 Å². The van der Waals surface area contributed by atoms with Gasteiger partial charge >= 0.3 is 0 Å². The second-order valence-electron chi connectivity index (χ2n) is 7.32. The Bertz CT molecular complexity index is 855. The van der Waals surface area contributed by atoms with Crippen LogP contribution in [0.25, 0.3) is 0 Å². The number of fused-ring (bicyclic) bond motifs is 3. The van der Waals surface area contributed by atoms with Gasteiger partial charge in [0.05, 0.1) is 22.5 Å². The van der Waals surface area contributed by atoms with Crippen LogP contribution in [-0.4, -0.2) is 33.3 Å². The lowest BCUT2D eigenvalue weighted by atomic mass is 9.85. The van der Waals surface area contributed by atoms with Crippen molar-refractivity contribution >= 4 is 34.0 Å². The number of aromatic hydroxyl groups is 2. The molecule has 128 valence electrons. The predicted octanol–water partition coefficient (Wildman–Crippen LogP) is 2.39. The zero-order chi connectivity index (χ0) is 17.5. The van der Waals surface area contributed by atoms with E-state index < -0.39 is 0 Å². The molecule has 2 bridgehead atoms. The Morgan fingerprint density at radius 3 is 2.24 bits per heavy atom. The van der Waals surface area contributed by atoms with Gasteiger partial charge in [-0.25, -0.2) is 0 Å². The van der Waals surface area contributed by atoms with E-state index in [1.807, 2.05) is 0 Å². The molecule has 3 aliphatic carbocycles. The normalized spacial score (nSPS) is 33.9. The van der Waals surface area contributed by atoms with Crippen molar-refractivity contribution in [1.29, 1.82) is 0 Å². The summed E-state index contributed by atoms with van der Waals surface area (Å²) in [4.78, 5) is 25.6. The molecule has 0 aromatic heterocycles. The zero-order valence-corrected chi connectivity index (χ0v) is 14.7. The number of phenolic OH excluding ortho intramolecular Hbond substituents is 2. The summed E-state index contributed by atoms with van der Waals surface area (Å²) in [6, 6.07) is 2.65. The summed E-state index contributed by atoms with van der Waals surface area (Å²) in [6.45, 7) is 0. The zero-order valence-electron chi connectivity index (χ0n) is 13.1. The van der Waals surface area contributed by atoms with Crippen LogP contribution in [0.3, 0.4) is 0 Å². The van der Waals surface area contributed by atoms with Crippen molar-refractivity contribution < 1.29 is 19.8 Å². The minimum Gasteiger partial charge on any atom is -0.507 e. The average molecular weight is 403 g/mol. The molecular weight excluding hydrogens is 388 g/mol. The fraction of sp³-hybridized carbons (Fsp3) is 0.389. The average Bonchev–Trinajstić information content (AvgIpc) is 3.17. The van der Waals surface area contributed by atoms with Crippen LogP contribution in [0.4, 0.5) is 0 Å². The largest absolute Gasteiger partial charge is 0.507 e. The van der Waals surface area contributed by atoms with E-state index in [1.54, 1.807) is 0 Å². The monoisotopic (exact) mass is 402 g/mol. The highest BCUT2D eigenvalue weighted by Gasteiger charge is 2.73. The fourth-order valence-electron chi connectivity index (χ4n) is 4.97. The van der Waals surface area contributed by atoms with E-state index in [-0.39, 0.29) is 52.4 Å². The molecule has 1 aromatic carbocycles. The van der Waals surface area contributed by atoms with Gasteiger partial charge in [-0.05, 0) is 52.1 Å². The number of carbonyl (C=O) groups excluding carboxylic acids is 2. The molecule has 0 radical (unpaired) electrons. The second-order valence-corrected chi connectivity index (χ2v) is 8.17. The Morgan fingerprint density at radius 2 is 1.68 bits per heavy atom. The van der Waals surface area contributed by atoms with Crippen molar-refractivity contribution in [2.45, 2.75) is 12.8 Å². The first-order chi connectivity index (χ1) is 11.9. The molecular formula is C18H15BrN2O4. The number of rotatable bonds is 2. The van der Waals surface area contributed by atoms with Crippen molar-refractivity contribution in [3.05, 3.63) is 34.3 Å². The van der Waals surface area contributed by atoms with Crippen LogP contribution >= 0.6 is 15.9 Å². The molecule has 6 nitrogen and oxygen atoms in total. The summed E-state index contributed by atoms with van der Waals surface area (Å²) in [7, 11) is 0. The molecule has 25 heavy (non-hydrogen) atoms. The van der Waals surface area contributed by atoms with Gasteiger partial charge in [-0.15, -0.1) is 0 Å². The Balaban J connectivity index is 1.45. The molecule has 2 saturated carbocycles. The number of halogens is 1. The third-order valence-corrected chi connectivity index (χ3v) is 6.87. The third-order valence-electron chi connectivity index (χ3n) is 6.24. The molecule has 1 aliphatic heterocycles. The smallest absolute Gasteiger partial charge is 0.254 e. The van der Waals surface area contributed by atoms with Gasteiger partial charge in [0.15, 0.2) is 0 Å². The van der Waals surface area contributed by atoms with E-state index in [4.69, 9.17) is 0 Å². The first-order valence-electron chi connectivity index (χ1n) is 8.26. The number of benzene rings is 1. The molecule has 3 fully saturated rings. The van der Waals surface area contributed by atoms with E-state index in [0.717, 1.165) is 17.9 Å². The van der Waals surface area contributed by atoms with Gasteiger partial charge < -0.3 is 10.2 Å².